The number of aliphatic hydroxyl groups is 1. The van der Waals surface area contributed by atoms with Crippen molar-refractivity contribution in [2.75, 3.05) is 6.61 Å². The predicted molar refractivity (Wildman–Crippen MR) is 118 cm³/mol. The van der Waals surface area contributed by atoms with E-state index in [1.165, 1.54) is 12.3 Å². The lowest BCUT2D eigenvalue weighted by Gasteiger charge is -2.27. The molecule has 2 unspecified atom stereocenters. The molecule has 3 rings (SSSR count). The largest absolute Gasteiger partial charge is 0.476 e. The minimum absolute atomic E-state index is 0.201. The number of aldehydes is 1. The second-order valence-corrected chi connectivity index (χ2v) is 8.00. The molecule has 1 amide bonds. The van der Waals surface area contributed by atoms with Crippen molar-refractivity contribution in [3.63, 3.8) is 0 Å². The van der Waals surface area contributed by atoms with E-state index in [0.29, 0.717) is 12.7 Å². The molecule has 0 saturated heterocycles. The molecule has 0 aliphatic carbocycles. The van der Waals surface area contributed by atoms with Gasteiger partial charge in [-0.1, -0.05) is 61.5 Å². The van der Waals surface area contributed by atoms with Crippen LogP contribution in [0.15, 0.2) is 66.9 Å². The standard InChI is InChI=1S/C24H25N3O5/c1-24(15-28,16-29)14-20(25-23(32)27-12-11-21(26-27)22(30)31)13-17-7-9-19(10-8-17)18-5-3-2-4-6-18/h2-12,15,20,29H,13-14,16H2,1H3,(H,25,32)(H,30,31). The quantitative estimate of drug-likeness (QED) is 0.444. The Labute approximate surface area is 185 Å². The molecule has 166 valence electrons. The zero-order chi connectivity index (χ0) is 23.1. The molecular weight excluding hydrogens is 410 g/mol. The first kappa shape index (κ1) is 22.9. The van der Waals surface area contributed by atoms with Crippen molar-refractivity contribution in [1.29, 1.82) is 0 Å². The lowest BCUT2D eigenvalue weighted by Crippen LogP contribution is -2.43. The molecule has 32 heavy (non-hydrogen) atoms. The number of hydrogen-bond acceptors (Lipinski definition) is 5. The molecule has 0 radical (unpaired) electrons. The molecular formula is C24H25N3O5. The highest BCUT2D eigenvalue weighted by molar-refractivity contribution is 5.86. The van der Waals surface area contributed by atoms with E-state index < -0.39 is 23.5 Å². The van der Waals surface area contributed by atoms with Crippen molar-refractivity contribution in [3.8, 4) is 11.1 Å². The third-order valence-corrected chi connectivity index (χ3v) is 5.25. The molecule has 2 atom stereocenters. The molecule has 3 N–H and O–H groups in total. The van der Waals surface area contributed by atoms with Gasteiger partial charge in [0.05, 0.1) is 6.61 Å². The van der Waals surface area contributed by atoms with Crippen molar-refractivity contribution in [1.82, 2.24) is 15.1 Å². The highest BCUT2D eigenvalue weighted by atomic mass is 16.4. The number of nitrogens with one attached hydrogen (secondary N) is 1. The first-order valence-corrected chi connectivity index (χ1v) is 10.1. The van der Waals surface area contributed by atoms with E-state index in [-0.39, 0.29) is 18.7 Å². The number of amides is 1. The van der Waals surface area contributed by atoms with Gasteiger partial charge in [-0.15, -0.1) is 0 Å². The minimum Gasteiger partial charge on any atom is -0.476 e. The van der Waals surface area contributed by atoms with Crippen molar-refractivity contribution in [2.45, 2.75) is 25.8 Å². The molecule has 1 heterocycles. The van der Waals surface area contributed by atoms with Crippen LogP contribution in [0.4, 0.5) is 4.79 Å². The van der Waals surface area contributed by atoms with Crippen LogP contribution >= 0.6 is 0 Å². The van der Waals surface area contributed by atoms with Crippen LogP contribution in [0, 0.1) is 5.41 Å². The zero-order valence-corrected chi connectivity index (χ0v) is 17.6. The van der Waals surface area contributed by atoms with Crippen LogP contribution in [0.25, 0.3) is 11.1 Å². The Morgan fingerprint density at radius 1 is 1.09 bits per heavy atom. The minimum atomic E-state index is -1.24. The fourth-order valence-electron chi connectivity index (χ4n) is 3.43. The number of aromatic nitrogens is 2. The topological polar surface area (TPSA) is 122 Å². The van der Waals surface area contributed by atoms with Gasteiger partial charge >= 0.3 is 12.0 Å². The Kier molecular flexibility index (Phi) is 7.17. The Morgan fingerprint density at radius 3 is 2.31 bits per heavy atom. The first-order chi connectivity index (χ1) is 15.3. The van der Waals surface area contributed by atoms with Gasteiger partial charge in [-0.3, -0.25) is 0 Å². The highest BCUT2D eigenvalue weighted by Crippen LogP contribution is 2.24. The third-order valence-electron chi connectivity index (χ3n) is 5.25. The molecule has 0 aliphatic rings. The Balaban J connectivity index is 1.78. The summed E-state index contributed by atoms with van der Waals surface area (Å²) >= 11 is 0. The van der Waals surface area contributed by atoms with E-state index in [1.54, 1.807) is 6.92 Å². The summed E-state index contributed by atoms with van der Waals surface area (Å²) in [7, 11) is 0. The second kappa shape index (κ2) is 10.0. The van der Waals surface area contributed by atoms with Gasteiger partial charge in [0.1, 0.15) is 6.29 Å². The van der Waals surface area contributed by atoms with Gasteiger partial charge in [0.15, 0.2) is 5.69 Å². The van der Waals surface area contributed by atoms with Gasteiger partial charge in [0, 0.05) is 17.7 Å². The van der Waals surface area contributed by atoms with Crippen molar-refractivity contribution in [2.24, 2.45) is 5.41 Å². The zero-order valence-electron chi connectivity index (χ0n) is 17.6. The number of carbonyl (C=O) groups excluding carboxylic acids is 2. The molecule has 8 heteroatoms. The van der Waals surface area contributed by atoms with Gasteiger partial charge in [-0.05, 0) is 35.6 Å². The van der Waals surface area contributed by atoms with E-state index in [1.807, 2.05) is 54.6 Å². The molecule has 0 spiro atoms. The predicted octanol–water partition coefficient (Wildman–Crippen LogP) is 3.00. The molecule has 1 aromatic heterocycles. The van der Waals surface area contributed by atoms with Crippen molar-refractivity contribution in [3.05, 3.63) is 78.1 Å². The maximum atomic E-state index is 12.6. The highest BCUT2D eigenvalue weighted by Gasteiger charge is 2.29. The number of carboxylic acids is 1. The maximum Gasteiger partial charge on any atom is 0.356 e. The van der Waals surface area contributed by atoms with Gasteiger partial charge in [0.2, 0.25) is 0 Å². The number of nitrogens with zero attached hydrogens (tertiary/aromatic N) is 2. The van der Waals surface area contributed by atoms with Crippen molar-refractivity contribution < 1.29 is 24.6 Å². The lowest BCUT2D eigenvalue weighted by molar-refractivity contribution is -0.118. The number of benzene rings is 2. The summed E-state index contributed by atoms with van der Waals surface area (Å²) in [6.07, 6.45) is 2.56. The summed E-state index contributed by atoms with van der Waals surface area (Å²) < 4.78 is 0.909. The number of carboxylic acid groups (broad SMARTS) is 1. The summed E-state index contributed by atoms with van der Waals surface area (Å²) in [5, 5.41) is 25.2. The van der Waals surface area contributed by atoms with Crippen LogP contribution in [0.2, 0.25) is 0 Å². The summed E-state index contributed by atoms with van der Waals surface area (Å²) in [5.74, 6) is -1.24. The lowest BCUT2D eigenvalue weighted by atomic mass is 9.84. The van der Waals surface area contributed by atoms with Gasteiger partial charge in [0.25, 0.3) is 0 Å². The van der Waals surface area contributed by atoms with E-state index in [9.17, 15) is 19.5 Å². The fourth-order valence-corrected chi connectivity index (χ4v) is 3.43. The van der Waals surface area contributed by atoms with Gasteiger partial charge in [-0.25, -0.2) is 9.59 Å². The van der Waals surface area contributed by atoms with E-state index in [0.717, 1.165) is 21.4 Å². The normalized spacial score (nSPS) is 13.7. The Morgan fingerprint density at radius 2 is 1.75 bits per heavy atom. The van der Waals surface area contributed by atoms with Crippen LogP contribution in [0.3, 0.4) is 0 Å². The third kappa shape index (κ3) is 5.67. The molecule has 3 aromatic rings. The van der Waals surface area contributed by atoms with Crippen LogP contribution in [0.5, 0.6) is 0 Å². The average Bonchev–Trinajstić information content (AvgIpc) is 3.31. The number of hydrogen-bond donors (Lipinski definition) is 3. The SMILES string of the molecule is CC(C=O)(CO)CC(Cc1ccc(-c2ccccc2)cc1)NC(=O)n1ccc(C(=O)O)n1. The van der Waals surface area contributed by atoms with E-state index in [4.69, 9.17) is 5.11 Å². The Bertz CT molecular complexity index is 1080. The first-order valence-electron chi connectivity index (χ1n) is 10.1. The Hall–Kier alpha value is -3.78. The molecule has 0 bridgehead atoms. The molecule has 8 nitrogen and oxygen atoms in total. The summed E-state index contributed by atoms with van der Waals surface area (Å²) in [5.41, 5.74) is 1.80. The maximum absolute atomic E-state index is 12.6. The number of rotatable bonds is 9. The smallest absolute Gasteiger partial charge is 0.356 e. The van der Waals surface area contributed by atoms with Crippen molar-refractivity contribution >= 4 is 18.3 Å². The summed E-state index contributed by atoms with van der Waals surface area (Å²) in [6, 6.07) is 17.9. The fraction of sp³-hybridized carbons (Fsp3) is 0.250. The van der Waals surface area contributed by atoms with Crippen LogP contribution in [0.1, 0.15) is 29.4 Å². The molecule has 0 saturated carbocycles. The van der Waals surface area contributed by atoms with Gasteiger partial charge < -0.3 is 20.3 Å². The molecule has 2 aromatic carbocycles. The number of carbonyl (C=O) groups is 3. The van der Waals surface area contributed by atoms with Crippen LogP contribution < -0.4 is 5.32 Å². The van der Waals surface area contributed by atoms with Gasteiger partial charge in [-0.2, -0.15) is 9.78 Å². The number of aromatic carboxylic acids is 1. The average molecular weight is 435 g/mol. The molecule has 0 aliphatic heterocycles. The summed E-state index contributed by atoms with van der Waals surface area (Å²) in [6.45, 7) is 1.26. The summed E-state index contributed by atoms with van der Waals surface area (Å²) in [4.78, 5) is 35.2. The second-order valence-electron chi connectivity index (χ2n) is 8.00. The number of aliphatic hydroxyl groups excluding tert-OH is 1. The molecule has 0 fully saturated rings. The van der Waals surface area contributed by atoms with E-state index in [2.05, 4.69) is 10.4 Å². The monoisotopic (exact) mass is 435 g/mol. The van der Waals surface area contributed by atoms with Crippen LogP contribution in [-0.2, 0) is 11.2 Å². The van der Waals surface area contributed by atoms with E-state index >= 15 is 0 Å². The van der Waals surface area contributed by atoms with Crippen LogP contribution in [-0.4, -0.2) is 50.9 Å².